The van der Waals surface area contributed by atoms with Gasteiger partial charge in [-0.15, -0.1) is 11.3 Å². The number of nitrogens with one attached hydrogen (secondary N) is 2. The molecule has 114 valence electrons. The monoisotopic (exact) mass is 306 g/mol. The molecule has 0 aliphatic heterocycles. The summed E-state index contributed by atoms with van der Waals surface area (Å²) in [4.78, 5) is 5.61. The van der Waals surface area contributed by atoms with Crippen LogP contribution in [0.4, 0.5) is 0 Å². The number of aliphatic imine (C=N–C) groups is 1. The molecule has 0 fully saturated rings. The van der Waals surface area contributed by atoms with Crippen LogP contribution in [0.15, 0.2) is 27.0 Å². The summed E-state index contributed by atoms with van der Waals surface area (Å²) in [6, 6.07) is 4.23. The molecule has 0 radical (unpaired) electrons. The molecular formula is C15H22N4OS. The fourth-order valence-corrected chi connectivity index (χ4v) is 2.85. The van der Waals surface area contributed by atoms with Crippen LogP contribution in [0.5, 0.6) is 0 Å². The van der Waals surface area contributed by atoms with Crippen LogP contribution in [0.3, 0.4) is 0 Å². The Labute approximate surface area is 129 Å². The zero-order valence-electron chi connectivity index (χ0n) is 12.8. The number of guanidine groups is 1. The number of hydrogen-bond acceptors (Lipinski definition) is 4. The van der Waals surface area contributed by atoms with Crippen LogP contribution in [0, 0.1) is 13.8 Å². The fraction of sp³-hybridized carbons (Fsp3) is 0.467. The maximum Gasteiger partial charge on any atom is 0.190 e. The molecule has 0 atom stereocenters. The standard InChI is InChI=1S/C15H22N4OS/c1-11-14(12(2)20-19-11)7-9-18-15(16-3)17-8-6-13-5-4-10-21-13/h4-5,10H,6-9H2,1-3H3,(H2,16,17,18). The van der Waals surface area contributed by atoms with Crippen molar-refractivity contribution in [2.24, 2.45) is 4.99 Å². The molecule has 2 aromatic rings. The van der Waals surface area contributed by atoms with Gasteiger partial charge in [0, 0.05) is 30.6 Å². The van der Waals surface area contributed by atoms with E-state index in [0.717, 1.165) is 43.3 Å². The molecule has 0 aliphatic carbocycles. The molecule has 0 saturated heterocycles. The number of aryl methyl sites for hydroxylation is 2. The number of aromatic nitrogens is 1. The van der Waals surface area contributed by atoms with E-state index in [0.29, 0.717) is 0 Å². The zero-order valence-corrected chi connectivity index (χ0v) is 13.6. The van der Waals surface area contributed by atoms with Gasteiger partial charge in [0.25, 0.3) is 0 Å². The molecule has 0 aromatic carbocycles. The van der Waals surface area contributed by atoms with E-state index < -0.39 is 0 Å². The van der Waals surface area contributed by atoms with Gasteiger partial charge in [-0.05, 0) is 38.1 Å². The van der Waals surface area contributed by atoms with Crippen molar-refractivity contribution >= 4 is 17.3 Å². The van der Waals surface area contributed by atoms with Crippen molar-refractivity contribution in [1.29, 1.82) is 0 Å². The first kappa shape index (κ1) is 15.6. The lowest BCUT2D eigenvalue weighted by Crippen LogP contribution is -2.39. The second kappa shape index (κ2) is 7.83. The average Bonchev–Trinajstić information content (AvgIpc) is 3.10. The predicted octanol–water partition coefficient (Wildman–Crippen LogP) is 2.30. The van der Waals surface area contributed by atoms with Gasteiger partial charge in [0.2, 0.25) is 0 Å². The Bertz CT molecular complexity index is 555. The molecule has 21 heavy (non-hydrogen) atoms. The fourth-order valence-electron chi connectivity index (χ4n) is 2.14. The average molecular weight is 306 g/mol. The summed E-state index contributed by atoms with van der Waals surface area (Å²) in [7, 11) is 1.79. The molecule has 0 bridgehead atoms. The highest BCUT2D eigenvalue weighted by Gasteiger charge is 2.08. The van der Waals surface area contributed by atoms with Gasteiger partial charge < -0.3 is 15.2 Å². The van der Waals surface area contributed by atoms with Gasteiger partial charge >= 0.3 is 0 Å². The maximum atomic E-state index is 5.16. The van der Waals surface area contributed by atoms with Crippen LogP contribution in [-0.2, 0) is 12.8 Å². The highest BCUT2D eigenvalue weighted by molar-refractivity contribution is 7.09. The van der Waals surface area contributed by atoms with Gasteiger partial charge in [-0.1, -0.05) is 11.2 Å². The van der Waals surface area contributed by atoms with Crippen molar-refractivity contribution in [3.8, 4) is 0 Å². The van der Waals surface area contributed by atoms with Gasteiger partial charge in [-0.2, -0.15) is 0 Å². The first-order valence-corrected chi connectivity index (χ1v) is 7.97. The van der Waals surface area contributed by atoms with Gasteiger partial charge in [0.15, 0.2) is 5.96 Å². The number of rotatable bonds is 6. The summed E-state index contributed by atoms with van der Waals surface area (Å²) in [5, 5.41) is 12.7. The topological polar surface area (TPSA) is 62.5 Å². The molecule has 0 amide bonds. The predicted molar refractivity (Wildman–Crippen MR) is 87.1 cm³/mol. The van der Waals surface area contributed by atoms with E-state index in [1.54, 1.807) is 18.4 Å². The summed E-state index contributed by atoms with van der Waals surface area (Å²) in [6.45, 7) is 5.61. The van der Waals surface area contributed by atoms with Crippen molar-refractivity contribution in [2.45, 2.75) is 26.7 Å². The molecular weight excluding hydrogens is 284 g/mol. The van der Waals surface area contributed by atoms with E-state index in [4.69, 9.17) is 4.52 Å². The van der Waals surface area contributed by atoms with E-state index in [2.05, 4.69) is 38.3 Å². The van der Waals surface area contributed by atoms with Crippen LogP contribution in [-0.4, -0.2) is 31.3 Å². The number of hydrogen-bond donors (Lipinski definition) is 2. The largest absolute Gasteiger partial charge is 0.361 e. The van der Waals surface area contributed by atoms with Gasteiger partial charge in [-0.3, -0.25) is 4.99 Å². The maximum absolute atomic E-state index is 5.16. The van der Waals surface area contributed by atoms with E-state index >= 15 is 0 Å². The first-order valence-electron chi connectivity index (χ1n) is 7.09. The van der Waals surface area contributed by atoms with Crippen LogP contribution < -0.4 is 10.6 Å². The molecule has 6 heteroatoms. The van der Waals surface area contributed by atoms with Crippen molar-refractivity contribution in [2.75, 3.05) is 20.1 Å². The smallest absolute Gasteiger partial charge is 0.190 e. The molecule has 2 heterocycles. The number of nitrogens with zero attached hydrogens (tertiary/aromatic N) is 2. The highest BCUT2D eigenvalue weighted by atomic mass is 32.1. The Kier molecular flexibility index (Phi) is 5.80. The molecule has 5 nitrogen and oxygen atoms in total. The Morgan fingerprint density at radius 3 is 2.62 bits per heavy atom. The molecule has 0 saturated carbocycles. The van der Waals surface area contributed by atoms with Gasteiger partial charge in [0.1, 0.15) is 5.76 Å². The van der Waals surface area contributed by atoms with Crippen molar-refractivity contribution in [3.63, 3.8) is 0 Å². The molecule has 2 N–H and O–H groups in total. The summed E-state index contributed by atoms with van der Waals surface area (Å²) in [6.07, 6.45) is 1.90. The summed E-state index contributed by atoms with van der Waals surface area (Å²) in [5.41, 5.74) is 2.14. The quantitative estimate of drug-likeness (QED) is 0.635. The molecule has 0 unspecified atom stereocenters. The van der Waals surface area contributed by atoms with E-state index in [9.17, 15) is 0 Å². The van der Waals surface area contributed by atoms with E-state index in [1.165, 1.54) is 10.4 Å². The Balaban J connectivity index is 1.70. The molecule has 2 aromatic heterocycles. The van der Waals surface area contributed by atoms with Gasteiger partial charge in [0.05, 0.1) is 5.69 Å². The van der Waals surface area contributed by atoms with Crippen molar-refractivity contribution in [1.82, 2.24) is 15.8 Å². The first-order chi connectivity index (χ1) is 10.2. The molecule has 0 aliphatic rings. The lowest BCUT2D eigenvalue weighted by atomic mass is 10.1. The summed E-state index contributed by atoms with van der Waals surface area (Å²) in [5.74, 6) is 1.73. The second-order valence-electron chi connectivity index (χ2n) is 4.81. The lowest BCUT2D eigenvalue weighted by molar-refractivity contribution is 0.392. The number of thiophene rings is 1. The van der Waals surface area contributed by atoms with Crippen LogP contribution >= 0.6 is 11.3 Å². The van der Waals surface area contributed by atoms with Gasteiger partial charge in [-0.25, -0.2) is 0 Å². The zero-order chi connectivity index (χ0) is 15.1. The molecule has 2 rings (SSSR count). The highest BCUT2D eigenvalue weighted by Crippen LogP contribution is 2.12. The Hall–Kier alpha value is -1.82. The minimum Gasteiger partial charge on any atom is -0.361 e. The SMILES string of the molecule is CN=C(NCCc1cccs1)NCCc1c(C)noc1C. The summed E-state index contributed by atoms with van der Waals surface area (Å²) >= 11 is 1.78. The minimum absolute atomic E-state index is 0.807. The van der Waals surface area contributed by atoms with Crippen molar-refractivity contribution < 1.29 is 4.52 Å². The third kappa shape index (κ3) is 4.60. The Morgan fingerprint density at radius 2 is 2.05 bits per heavy atom. The Morgan fingerprint density at radius 1 is 1.29 bits per heavy atom. The third-order valence-corrected chi connectivity index (χ3v) is 4.25. The van der Waals surface area contributed by atoms with Crippen LogP contribution in [0.25, 0.3) is 0 Å². The minimum atomic E-state index is 0.807. The lowest BCUT2D eigenvalue weighted by Gasteiger charge is -2.11. The second-order valence-corrected chi connectivity index (χ2v) is 5.84. The van der Waals surface area contributed by atoms with E-state index in [-0.39, 0.29) is 0 Å². The van der Waals surface area contributed by atoms with E-state index in [1.807, 2.05) is 13.8 Å². The molecule has 0 spiro atoms. The van der Waals surface area contributed by atoms with Crippen LogP contribution in [0.1, 0.15) is 21.9 Å². The van der Waals surface area contributed by atoms with Crippen LogP contribution in [0.2, 0.25) is 0 Å². The normalized spacial score (nSPS) is 11.7. The van der Waals surface area contributed by atoms with Crippen molar-refractivity contribution in [3.05, 3.63) is 39.4 Å². The summed E-state index contributed by atoms with van der Waals surface area (Å²) < 4.78 is 5.16. The third-order valence-electron chi connectivity index (χ3n) is 3.32.